The van der Waals surface area contributed by atoms with E-state index in [0.29, 0.717) is 21.2 Å². The van der Waals surface area contributed by atoms with Gasteiger partial charge in [-0.25, -0.2) is 0 Å². The van der Waals surface area contributed by atoms with Crippen molar-refractivity contribution in [3.8, 4) is 0 Å². The molecule has 1 heterocycles. The Morgan fingerprint density at radius 1 is 1.18 bits per heavy atom. The molecule has 2 N–H and O–H groups in total. The fourth-order valence-corrected chi connectivity index (χ4v) is 4.18. The summed E-state index contributed by atoms with van der Waals surface area (Å²) in [5, 5.41) is 14.7. The number of halogens is 2. The van der Waals surface area contributed by atoms with Gasteiger partial charge in [0.25, 0.3) is 5.91 Å². The summed E-state index contributed by atoms with van der Waals surface area (Å²) in [6, 6.07) is 1.74. The number of amides is 1. The lowest BCUT2D eigenvalue weighted by Crippen LogP contribution is -2.46. The van der Waals surface area contributed by atoms with Gasteiger partial charge in [0.2, 0.25) is 0 Å². The Kier molecular flexibility index (Phi) is 3.90. The second-order valence-electron chi connectivity index (χ2n) is 6.31. The zero-order valence-corrected chi connectivity index (χ0v) is 14.2. The van der Waals surface area contributed by atoms with Gasteiger partial charge in [-0.3, -0.25) is 4.79 Å². The Morgan fingerprint density at radius 2 is 1.82 bits per heavy atom. The Balaban J connectivity index is 2.19. The number of benzene rings is 1. The highest BCUT2D eigenvalue weighted by atomic mass is 35.5. The van der Waals surface area contributed by atoms with Gasteiger partial charge in [-0.05, 0) is 49.4 Å². The van der Waals surface area contributed by atoms with E-state index in [2.05, 4.69) is 5.32 Å². The molecule has 2 aliphatic rings. The number of hydrogen-bond donors (Lipinski definition) is 2. The van der Waals surface area contributed by atoms with Gasteiger partial charge in [-0.1, -0.05) is 42.5 Å². The molecule has 1 amide bonds. The third-order valence-electron chi connectivity index (χ3n) is 4.88. The largest absolute Gasteiger partial charge is 0.509 e. The highest BCUT2D eigenvalue weighted by Gasteiger charge is 2.46. The molecule has 0 radical (unpaired) electrons. The SMILES string of the molecule is Cc1cc(Cl)c(Cl)c(C)c1C1=C(O)C2(CCCCC2)NC1=O. The summed E-state index contributed by atoms with van der Waals surface area (Å²) in [4.78, 5) is 12.6. The van der Waals surface area contributed by atoms with Crippen LogP contribution in [-0.4, -0.2) is 16.6 Å². The van der Waals surface area contributed by atoms with Crippen molar-refractivity contribution in [1.82, 2.24) is 5.32 Å². The van der Waals surface area contributed by atoms with Gasteiger partial charge >= 0.3 is 0 Å². The molecule has 0 saturated heterocycles. The molecule has 3 nitrogen and oxygen atoms in total. The first-order valence-electron chi connectivity index (χ1n) is 7.59. The van der Waals surface area contributed by atoms with E-state index >= 15 is 0 Å². The van der Waals surface area contributed by atoms with Crippen LogP contribution in [-0.2, 0) is 4.79 Å². The van der Waals surface area contributed by atoms with Gasteiger partial charge in [-0.2, -0.15) is 0 Å². The molecule has 1 aliphatic heterocycles. The molecule has 1 spiro atoms. The monoisotopic (exact) mass is 339 g/mol. The van der Waals surface area contributed by atoms with E-state index in [1.807, 2.05) is 13.8 Å². The number of aryl methyl sites for hydroxylation is 1. The van der Waals surface area contributed by atoms with Crippen LogP contribution in [0.25, 0.3) is 5.57 Å². The number of rotatable bonds is 1. The Bertz CT molecular complexity index is 688. The molecule has 3 rings (SSSR count). The predicted molar refractivity (Wildman–Crippen MR) is 89.4 cm³/mol. The van der Waals surface area contributed by atoms with Gasteiger partial charge < -0.3 is 10.4 Å². The van der Waals surface area contributed by atoms with Crippen molar-refractivity contribution in [1.29, 1.82) is 0 Å². The average molecular weight is 340 g/mol. The molecular weight excluding hydrogens is 321 g/mol. The van der Waals surface area contributed by atoms with Gasteiger partial charge in [0.15, 0.2) is 0 Å². The zero-order valence-electron chi connectivity index (χ0n) is 12.7. The van der Waals surface area contributed by atoms with Crippen LogP contribution in [0.4, 0.5) is 0 Å². The van der Waals surface area contributed by atoms with Crippen LogP contribution < -0.4 is 5.32 Å². The maximum Gasteiger partial charge on any atom is 0.256 e. The minimum Gasteiger partial charge on any atom is -0.509 e. The highest BCUT2D eigenvalue weighted by molar-refractivity contribution is 6.43. The second kappa shape index (κ2) is 5.47. The molecule has 118 valence electrons. The maximum atomic E-state index is 12.6. The normalized spacial score (nSPS) is 20.6. The molecule has 0 bridgehead atoms. The van der Waals surface area contributed by atoms with Crippen molar-refractivity contribution in [2.45, 2.75) is 51.5 Å². The van der Waals surface area contributed by atoms with Crippen LogP contribution in [0.2, 0.25) is 10.0 Å². The molecule has 0 aromatic heterocycles. The van der Waals surface area contributed by atoms with E-state index in [0.717, 1.165) is 43.2 Å². The third-order valence-corrected chi connectivity index (χ3v) is 5.76. The van der Waals surface area contributed by atoms with Crippen molar-refractivity contribution in [3.05, 3.63) is 38.6 Å². The standard InChI is InChI=1S/C17H19Cl2NO2/c1-9-8-11(18)14(19)10(2)12(9)13-15(21)17(20-16(13)22)6-4-3-5-7-17/h8,21H,3-7H2,1-2H3,(H,20,22). The van der Waals surface area contributed by atoms with E-state index in [1.165, 1.54) is 0 Å². The van der Waals surface area contributed by atoms with Crippen LogP contribution in [0.5, 0.6) is 0 Å². The minimum atomic E-state index is -0.588. The van der Waals surface area contributed by atoms with Crippen molar-refractivity contribution in [2.75, 3.05) is 0 Å². The van der Waals surface area contributed by atoms with Crippen LogP contribution in [0.1, 0.15) is 48.8 Å². The number of carbonyl (C=O) groups excluding carboxylic acids is 1. The smallest absolute Gasteiger partial charge is 0.256 e. The number of aliphatic hydroxyl groups excluding tert-OH is 1. The highest BCUT2D eigenvalue weighted by Crippen LogP contribution is 2.44. The van der Waals surface area contributed by atoms with Crippen molar-refractivity contribution >= 4 is 34.7 Å². The molecule has 1 saturated carbocycles. The van der Waals surface area contributed by atoms with Crippen molar-refractivity contribution in [3.63, 3.8) is 0 Å². The predicted octanol–water partition coefficient (Wildman–Crippen LogP) is 4.71. The van der Waals surface area contributed by atoms with Gasteiger partial charge in [0.05, 0.1) is 21.2 Å². The lowest BCUT2D eigenvalue weighted by Gasteiger charge is -2.33. The molecule has 0 unspecified atom stereocenters. The van der Waals surface area contributed by atoms with Crippen molar-refractivity contribution < 1.29 is 9.90 Å². The summed E-state index contributed by atoms with van der Waals surface area (Å²) >= 11 is 12.3. The van der Waals surface area contributed by atoms with Crippen LogP contribution in [0.3, 0.4) is 0 Å². The minimum absolute atomic E-state index is 0.168. The molecule has 1 aromatic carbocycles. The summed E-state index contributed by atoms with van der Waals surface area (Å²) in [5.74, 6) is -0.0502. The topological polar surface area (TPSA) is 49.3 Å². The van der Waals surface area contributed by atoms with Crippen LogP contribution in [0.15, 0.2) is 11.8 Å². The van der Waals surface area contributed by atoms with Gasteiger partial charge in [-0.15, -0.1) is 0 Å². The zero-order chi connectivity index (χ0) is 16.1. The Labute approximate surface area is 140 Å². The summed E-state index contributed by atoms with van der Waals surface area (Å²) < 4.78 is 0. The lowest BCUT2D eigenvalue weighted by molar-refractivity contribution is -0.116. The summed E-state index contributed by atoms with van der Waals surface area (Å²) in [5.41, 5.74) is 2.05. The van der Waals surface area contributed by atoms with Crippen molar-refractivity contribution in [2.24, 2.45) is 0 Å². The Morgan fingerprint density at radius 3 is 2.45 bits per heavy atom. The second-order valence-corrected chi connectivity index (χ2v) is 7.09. The number of hydrogen-bond acceptors (Lipinski definition) is 2. The first kappa shape index (κ1) is 15.7. The van der Waals surface area contributed by atoms with Crippen LogP contribution >= 0.6 is 23.2 Å². The van der Waals surface area contributed by atoms with E-state index in [-0.39, 0.29) is 11.7 Å². The summed E-state index contributed by atoms with van der Waals surface area (Å²) in [7, 11) is 0. The van der Waals surface area contributed by atoms with E-state index < -0.39 is 5.54 Å². The average Bonchev–Trinajstić information content (AvgIpc) is 2.70. The number of carbonyl (C=O) groups is 1. The molecule has 22 heavy (non-hydrogen) atoms. The maximum absolute atomic E-state index is 12.6. The number of aliphatic hydroxyl groups is 1. The molecule has 1 fully saturated rings. The fourth-order valence-electron chi connectivity index (χ4n) is 3.73. The summed E-state index contributed by atoms with van der Waals surface area (Å²) in [6.07, 6.45) is 4.74. The first-order valence-corrected chi connectivity index (χ1v) is 8.35. The first-order chi connectivity index (χ1) is 10.4. The number of nitrogens with one attached hydrogen (secondary N) is 1. The van der Waals surface area contributed by atoms with Crippen LogP contribution in [0, 0.1) is 13.8 Å². The molecule has 0 atom stereocenters. The summed E-state index contributed by atoms with van der Waals surface area (Å²) in [6.45, 7) is 3.71. The molecule has 5 heteroatoms. The van der Waals surface area contributed by atoms with E-state index in [1.54, 1.807) is 6.07 Å². The van der Waals surface area contributed by atoms with E-state index in [4.69, 9.17) is 23.2 Å². The fraction of sp³-hybridized carbons (Fsp3) is 0.471. The molecular formula is C17H19Cl2NO2. The van der Waals surface area contributed by atoms with Gasteiger partial charge in [0.1, 0.15) is 5.76 Å². The molecule has 1 aromatic rings. The molecule has 1 aliphatic carbocycles. The Hall–Kier alpha value is -1.19. The lowest BCUT2D eigenvalue weighted by atomic mass is 9.80. The third kappa shape index (κ3) is 2.22. The van der Waals surface area contributed by atoms with E-state index in [9.17, 15) is 9.90 Å². The quantitative estimate of drug-likeness (QED) is 0.778. The van der Waals surface area contributed by atoms with Gasteiger partial charge in [0, 0.05) is 0 Å².